The van der Waals surface area contributed by atoms with Crippen molar-refractivity contribution in [1.29, 1.82) is 0 Å². The highest BCUT2D eigenvalue weighted by atomic mass is 16.3. The number of anilines is 1. The molecule has 0 spiro atoms. The minimum absolute atomic E-state index is 0.192. The van der Waals surface area contributed by atoms with Gasteiger partial charge in [-0.3, -0.25) is 0 Å². The lowest BCUT2D eigenvalue weighted by atomic mass is 10.1. The summed E-state index contributed by atoms with van der Waals surface area (Å²) in [7, 11) is 0. The maximum absolute atomic E-state index is 9.51. The topological polar surface area (TPSA) is 62.4 Å². The van der Waals surface area contributed by atoms with Gasteiger partial charge in [0.2, 0.25) is 0 Å². The molecule has 1 aliphatic rings. The first-order valence-electron chi connectivity index (χ1n) is 6.38. The maximum Gasteiger partial charge on any atom is 0.133 e. The van der Waals surface area contributed by atoms with Crippen LogP contribution in [-0.4, -0.2) is 29.3 Å². The lowest BCUT2D eigenvalue weighted by Gasteiger charge is -2.31. The predicted octanol–water partition coefficient (Wildman–Crippen LogP) is 1.28. The number of aliphatic hydroxyl groups is 1. The number of nitrogens with zero attached hydrogens (tertiary/aromatic N) is 2. The third-order valence-corrected chi connectivity index (χ3v) is 3.45. The van der Waals surface area contributed by atoms with Gasteiger partial charge in [-0.1, -0.05) is 18.9 Å². The fourth-order valence-electron chi connectivity index (χ4n) is 2.49. The highest BCUT2D eigenvalue weighted by molar-refractivity contribution is 5.47. The van der Waals surface area contributed by atoms with E-state index in [1.165, 1.54) is 12.8 Å². The van der Waals surface area contributed by atoms with Crippen molar-refractivity contribution in [2.24, 2.45) is 5.73 Å². The number of nitrogens with two attached hydrogens (primary N) is 1. The second kappa shape index (κ2) is 5.98. The molecule has 4 nitrogen and oxygen atoms in total. The van der Waals surface area contributed by atoms with E-state index in [-0.39, 0.29) is 12.6 Å². The van der Waals surface area contributed by atoms with Crippen LogP contribution in [0.4, 0.5) is 5.82 Å². The first-order valence-corrected chi connectivity index (χ1v) is 6.38. The SMILES string of the molecule is NCc1cccnc1N1CCCCCC1CO. The number of aliphatic hydroxyl groups excluding tert-OH is 1. The standard InChI is InChI=1S/C13H21N3O/c14-9-11-5-4-7-15-13(11)16-8-3-1-2-6-12(16)10-17/h4-5,7,12,17H,1-3,6,8-10,14H2. The van der Waals surface area contributed by atoms with Crippen LogP contribution in [0.2, 0.25) is 0 Å². The molecule has 0 saturated carbocycles. The van der Waals surface area contributed by atoms with Crippen LogP contribution in [0.3, 0.4) is 0 Å². The Kier molecular flexibility index (Phi) is 4.34. The second-order valence-electron chi connectivity index (χ2n) is 4.57. The lowest BCUT2D eigenvalue weighted by Crippen LogP contribution is -2.38. The van der Waals surface area contributed by atoms with E-state index in [0.717, 1.165) is 30.8 Å². The second-order valence-corrected chi connectivity index (χ2v) is 4.57. The summed E-state index contributed by atoms with van der Waals surface area (Å²) in [5, 5.41) is 9.51. The molecule has 1 fully saturated rings. The largest absolute Gasteiger partial charge is 0.394 e. The average Bonchev–Trinajstić information content (AvgIpc) is 2.63. The number of pyridine rings is 1. The highest BCUT2D eigenvalue weighted by Gasteiger charge is 2.22. The van der Waals surface area contributed by atoms with Gasteiger partial charge in [-0.25, -0.2) is 4.98 Å². The Labute approximate surface area is 102 Å². The fraction of sp³-hybridized carbons (Fsp3) is 0.615. The van der Waals surface area contributed by atoms with Crippen molar-refractivity contribution in [2.45, 2.75) is 38.3 Å². The van der Waals surface area contributed by atoms with Crippen LogP contribution in [0.5, 0.6) is 0 Å². The lowest BCUT2D eigenvalue weighted by molar-refractivity contribution is 0.254. The zero-order chi connectivity index (χ0) is 12.1. The molecule has 1 saturated heterocycles. The third-order valence-electron chi connectivity index (χ3n) is 3.45. The molecule has 0 aliphatic carbocycles. The van der Waals surface area contributed by atoms with Crippen molar-refractivity contribution in [3.63, 3.8) is 0 Å². The highest BCUT2D eigenvalue weighted by Crippen LogP contribution is 2.25. The van der Waals surface area contributed by atoms with Crippen LogP contribution < -0.4 is 10.6 Å². The van der Waals surface area contributed by atoms with Crippen molar-refractivity contribution in [1.82, 2.24) is 4.98 Å². The van der Waals surface area contributed by atoms with Gasteiger partial charge < -0.3 is 15.7 Å². The van der Waals surface area contributed by atoms with E-state index in [1.807, 2.05) is 12.1 Å². The number of hydrogen-bond donors (Lipinski definition) is 2. The van der Waals surface area contributed by atoms with Crippen molar-refractivity contribution in [3.05, 3.63) is 23.9 Å². The molecule has 0 amide bonds. The van der Waals surface area contributed by atoms with E-state index in [0.29, 0.717) is 6.54 Å². The Balaban J connectivity index is 2.28. The summed E-state index contributed by atoms with van der Waals surface area (Å²) in [5.41, 5.74) is 6.82. The Morgan fingerprint density at radius 2 is 2.29 bits per heavy atom. The van der Waals surface area contributed by atoms with Gasteiger partial charge in [0.15, 0.2) is 0 Å². The van der Waals surface area contributed by atoms with Crippen LogP contribution in [0.15, 0.2) is 18.3 Å². The quantitative estimate of drug-likeness (QED) is 0.828. The molecular weight excluding hydrogens is 214 g/mol. The number of aromatic nitrogens is 1. The minimum atomic E-state index is 0.192. The van der Waals surface area contributed by atoms with Gasteiger partial charge in [0.05, 0.1) is 12.6 Å². The maximum atomic E-state index is 9.51. The van der Waals surface area contributed by atoms with Crippen molar-refractivity contribution in [2.75, 3.05) is 18.1 Å². The van der Waals surface area contributed by atoms with Gasteiger partial charge in [-0.2, -0.15) is 0 Å². The molecule has 2 heterocycles. The molecule has 1 aromatic rings. The summed E-state index contributed by atoms with van der Waals surface area (Å²) >= 11 is 0. The molecule has 1 unspecified atom stereocenters. The van der Waals surface area contributed by atoms with Crippen molar-refractivity contribution in [3.8, 4) is 0 Å². The van der Waals surface area contributed by atoms with Gasteiger partial charge in [-0.15, -0.1) is 0 Å². The Morgan fingerprint density at radius 1 is 1.41 bits per heavy atom. The molecule has 1 aromatic heterocycles. The van der Waals surface area contributed by atoms with Crippen LogP contribution in [0, 0.1) is 0 Å². The van der Waals surface area contributed by atoms with Crippen molar-refractivity contribution >= 4 is 5.82 Å². The van der Waals surface area contributed by atoms with Crippen LogP contribution in [-0.2, 0) is 6.54 Å². The zero-order valence-corrected chi connectivity index (χ0v) is 10.2. The fourth-order valence-corrected chi connectivity index (χ4v) is 2.49. The smallest absolute Gasteiger partial charge is 0.133 e. The molecule has 2 rings (SSSR count). The van der Waals surface area contributed by atoms with Gasteiger partial charge in [0.25, 0.3) is 0 Å². The van der Waals surface area contributed by atoms with E-state index in [1.54, 1.807) is 6.20 Å². The molecular formula is C13H21N3O. The molecule has 1 atom stereocenters. The Morgan fingerprint density at radius 3 is 3.06 bits per heavy atom. The van der Waals surface area contributed by atoms with E-state index >= 15 is 0 Å². The van der Waals surface area contributed by atoms with E-state index in [9.17, 15) is 5.11 Å². The van der Waals surface area contributed by atoms with E-state index in [2.05, 4.69) is 9.88 Å². The average molecular weight is 235 g/mol. The normalized spacial score (nSPS) is 21.3. The Hall–Kier alpha value is -1.13. The van der Waals surface area contributed by atoms with Crippen LogP contribution in [0.25, 0.3) is 0 Å². The first-order chi connectivity index (χ1) is 8.36. The predicted molar refractivity (Wildman–Crippen MR) is 68.8 cm³/mol. The molecule has 17 heavy (non-hydrogen) atoms. The molecule has 1 aliphatic heterocycles. The summed E-state index contributed by atoms with van der Waals surface area (Å²) in [6.07, 6.45) is 6.42. The van der Waals surface area contributed by atoms with Crippen LogP contribution >= 0.6 is 0 Å². The summed E-state index contributed by atoms with van der Waals surface area (Å²) in [5.74, 6) is 0.955. The Bertz CT molecular complexity index is 356. The monoisotopic (exact) mass is 235 g/mol. The summed E-state index contributed by atoms with van der Waals surface area (Å²) in [4.78, 5) is 6.68. The summed E-state index contributed by atoms with van der Waals surface area (Å²) in [6.45, 7) is 1.66. The molecule has 3 N–H and O–H groups in total. The van der Waals surface area contributed by atoms with Crippen LogP contribution in [0.1, 0.15) is 31.2 Å². The van der Waals surface area contributed by atoms with Crippen molar-refractivity contribution < 1.29 is 5.11 Å². The van der Waals surface area contributed by atoms with E-state index < -0.39 is 0 Å². The first kappa shape index (κ1) is 12.3. The zero-order valence-electron chi connectivity index (χ0n) is 10.2. The number of hydrogen-bond acceptors (Lipinski definition) is 4. The minimum Gasteiger partial charge on any atom is -0.394 e. The molecule has 94 valence electrons. The van der Waals surface area contributed by atoms with E-state index in [4.69, 9.17) is 5.73 Å². The summed E-state index contributed by atoms with van der Waals surface area (Å²) in [6, 6.07) is 4.12. The molecule has 0 radical (unpaired) electrons. The molecule has 0 bridgehead atoms. The molecule has 4 heteroatoms. The van der Waals surface area contributed by atoms with Gasteiger partial charge in [0, 0.05) is 24.8 Å². The number of rotatable bonds is 3. The third kappa shape index (κ3) is 2.76. The van der Waals surface area contributed by atoms with Gasteiger partial charge >= 0.3 is 0 Å². The summed E-state index contributed by atoms with van der Waals surface area (Å²) < 4.78 is 0. The van der Waals surface area contributed by atoms with Gasteiger partial charge in [-0.05, 0) is 18.9 Å². The molecule has 0 aromatic carbocycles. The van der Waals surface area contributed by atoms with Gasteiger partial charge in [0.1, 0.15) is 5.82 Å².